The first-order chi connectivity index (χ1) is 19.4. The summed E-state index contributed by atoms with van der Waals surface area (Å²) in [6.45, 7) is 2.76. The molecular formula is C26H32FN6O6PS. The molecule has 1 saturated heterocycles. The Morgan fingerprint density at radius 1 is 1.34 bits per heavy atom. The number of aryl methyl sites for hydroxylation is 1. The van der Waals surface area contributed by atoms with Crippen molar-refractivity contribution in [2.75, 3.05) is 19.0 Å². The van der Waals surface area contributed by atoms with Gasteiger partial charge >= 0.3 is 12.6 Å². The van der Waals surface area contributed by atoms with Gasteiger partial charge in [0.25, 0.3) is 0 Å². The average Bonchev–Trinajstić information content (AvgIpc) is 3.45. The highest BCUT2D eigenvalue weighted by atomic mass is 32.5. The van der Waals surface area contributed by atoms with E-state index in [1.807, 2.05) is 5.92 Å². The van der Waals surface area contributed by atoms with Gasteiger partial charge in [0.1, 0.15) is 29.8 Å². The van der Waals surface area contributed by atoms with E-state index in [0.717, 1.165) is 0 Å². The van der Waals surface area contributed by atoms with Crippen LogP contribution >= 0.6 is 6.64 Å². The highest BCUT2D eigenvalue weighted by molar-refractivity contribution is 8.09. The summed E-state index contributed by atoms with van der Waals surface area (Å²) >= 11 is 5.70. The number of imidazole rings is 1. The van der Waals surface area contributed by atoms with E-state index in [1.165, 1.54) is 10.9 Å². The van der Waals surface area contributed by atoms with Crippen LogP contribution in [-0.4, -0.2) is 74.3 Å². The van der Waals surface area contributed by atoms with E-state index in [2.05, 4.69) is 25.4 Å². The first-order valence-corrected chi connectivity index (χ1v) is 15.4. The third kappa shape index (κ3) is 6.51. The van der Waals surface area contributed by atoms with Crippen LogP contribution in [0, 0.1) is 19.3 Å². The average molecular weight is 607 g/mol. The summed E-state index contributed by atoms with van der Waals surface area (Å²) in [6, 6.07) is 7.70. The summed E-state index contributed by atoms with van der Waals surface area (Å²) in [5.41, 5.74) is -2.05. The van der Waals surface area contributed by atoms with Crippen LogP contribution in [0.3, 0.4) is 0 Å². The Labute approximate surface area is 242 Å². The summed E-state index contributed by atoms with van der Waals surface area (Å²) in [5, 5.41) is 16.8. The molecule has 6 atom stereocenters. The van der Waals surface area contributed by atoms with Gasteiger partial charge in [-0.3, -0.25) is 9.36 Å². The van der Waals surface area contributed by atoms with Crippen LogP contribution in [0.1, 0.15) is 32.8 Å². The second kappa shape index (κ2) is 12.4. The number of halogens is 1. The number of carbonyl (C=O) groups excluding carboxylic acids is 1. The van der Waals surface area contributed by atoms with Crippen LogP contribution in [0.5, 0.6) is 5.75 Å². The molecule has 1 aromatic carbocycles. The van der Waals surface area contributed by atoms with E-state index in [0.29, 0.717) is 22.9 Å². The number of nitrogens with zero attached hydrogens (tertiary/aromatic N) is 4. The third-order valence-electron chi connectivity index (χ3n) is 6.12. The zero-order valence-corrected chi connectivity index (χ0v) is 24.9. The van der Waals surface area contributed by atoms with E-state index in [-0.39, 0.29) is 11.8 Å². The lowest BCUT2D eigenvalue weighted by Crippen LogP contribution is -2.42. The fraction of sp³-hybridized carbons (Fsp3) is 0.462. The maximum Gasteiger partial charge on any atom is 0.323 e. The number of anilines is 1. The Bertz CT molecular complexity index is 1490. The molecule has 3 aromatic rings. The van der Waals surface area contributed by atoms with Gasteiger partial charge in [0, 0.05) is 7.05 Å². The maximum atomic E-state index is 16.2. The molecular weight excluding hydrogens is 574 g/mol. The number of carbonyl (C=O) groups is 1. The molecule has 2 aromatic heterocycles. The van der Waals surface area contributed by atoms with Crippen LogP contribution in [0.15, 0.2) is 36.7 Å². The van der Waals surface area contributed by atoms with Crippen molar-refractivity contribution in [3.8, 4) is 18.1 Å². The largest absolute Gasteiger partial charge is 0.462 e. The smallest absolute Gasteiger partial charge is 0.323 e. The summed E-state index contributed by atoms with van der Waals surface area (Å²) in [7, 11) is 1.67. The lowest BCUT2D eigenvalue weighted by atomic mass is 9.97. The minimum atomic E-state index is -3.49. The number of hydrogen-bond donors (Lipinski definition) is 3. The molecule has 0 saturated carbocycles. The van der Waals surface area contributed by atoms with Crippen LogP contribution in [0.2, 0.25) is 0 Å². The van der Waals surface area contributed by atoms with E-state index in [4.69, 9.17) is 36.8 Å². The molecule has 1 aliphatic rings. The predicted octanol–water partition coefficient (Wildman–Crippen LogP) is 3.03. The van der Waals surface area contributed by atoms with Crippen molar-refractivity contribution < 1.29 is 32.8 Å². The summed E-state index contributed by atoms with van der Waals surface area (Å²) in [5.74, 6) is 2.69. The lowest BCUT2D eigenvalue weighted by molar-refractivity contribution is -0.149. The summed E-state index contributed by atoms with van der Waals surface area (Å²) < 4.78 is 40.7. The molecule has 0 aliphatic carbocycles. The van der Waals surface area contributed by atoms with Crippen molar-refractivity contribution in [1.82, 2.24) is 24.6 Å². The number of rotatable bonds is 11. The number of esters is 1. The van der Waals surface area contributed by atoms with Gasteiger partial charge in [0.15, 0.2) is 23.2 Å². The van der Waals surface area contributed by atoms with Crippen LogP contribution in [0.25, 0.3) is 11.2 Å². The Morgan fingerprint density at radius 2 is 2.05 bits per heavy atom. The van der Waals surface area contributed by atoms with Gasteiger partial charge in [0.05, 0.1) is 19.0 Å². The molecule has 1 aliphatic heterocycles. The highest BCUT2D eigenvalue weighted by Gasteiger charge is 2.58. The fourth-order valence-electron chi connectivity index (χ4n) is 4.19. The molecule has 1 fully saturated rings. The standard InChI is InChI=1S/C26H32FN6O6PS/c1-7-26(27)21(34)19(38-25(26)33-14-29-20-22(28-6)30-17(5)31-23(20)33)13-36-40(41,39-18-11-9-8-10-12-18)32-16(4)24(35)37-15(2)3/h1,8-12,14-16,19,21,25,34H,13H2,2-6H3,(H,32,41)(H,28,30,31)/t16-,19-,21-,25-,26-,40-/m1/s1. The minimum absolute atomic E-state index is 0.259. The topological polar surface area (TPSA) is 142 Å². The van der Waals surface area contributed by atoms with Crippen LogP contribution < -0.4 is 14.9 Å². The van der Waals surface area contributed by atoms with Crippen molar-refractivity contribution in [1.29, 1.82) is 0 Å². The second-order valence-corrected chi connectivity index (χ2v) is 12.7. The molecule has 4 rings (SSSR count). The van der Waals surface area contributed by atoms with Gasteiger partial charge < -0.3 is 28.9 Å². The molecule has 15 heteroatoms. The van der Waals surface area contributed by atoms with Crippen molar-refractivity contribution >= 4 is 41.4 Å². The third-order valence-corrected chi connectivity index (χ3v) is 8.62. The van der Waals surface area contributed by atoms with E-state index >= 15 is 4.39 Å². The predicted molar refractivity (Wildman–Crippen MR) is 153 cm³/mol. The normalized spacial score (nSPS) is 24.5. The molecule has 3 heterocycles. The zero-order chi connectivity index (χ0) is 29.9. The van der Waals surface area contributed by atoms with E-state index in [9.17, 15) is 9.90 Å². The highest BCUT2D eigenvalue weighted by Crippen LogP contribution is 2.48. The summed E-state index contributed by atoms with van der Waals surface area (Å²) in [4.78, 5) is 25.4. The van der Waals surface area contributed by atoms with Gasteiger partial charge in [-0.2, -0.15) is 0 Å². The Kier molecular flexibility index (Phi) is 9.28. The van der Waals surface area contributed by atoms with Crippen LogP contribution in [-0.2, 0) is 30.6 Å². The first-order valence-electron chi connectivity index (χ1n) is 12.8. The number of alkyl halides is 1. The van der Waals surface area contributed by atoms with Crippen molar-refractivity contribution in [2.24, 2.45) is 0 Å². The number of benzene rings is 1. The zero-order valence-electron chi connectivity index (χ0n) is 23.1. The van der Waals surface area contributed by atoms with E-state index < -0.39 is 49.4 Å². The minimum Gasteiger partial charge on any atom is -0.462 e. The van der Waals surface area contributed by atoms with Gasteiger partial charge in [0.2, 0.25) is 5.67 Å². The molecule has 0 radical (unpaired) electrons. The molecule has 41 heavy (non-hydrogen) atoms. The molecule has 0 bridgehead atoms. The van der Waals surface area contributed by atoms with Crippen LogP contribution in [0.4, 0.5) is 10.2 Å². The monoisotopic (exact) mass is 606 g/mol. The molecule has 0 amide bonds. The fourth-order valence-corrected chi connectivity index (χ4v) is 6.61. The van der Waals surface area contributed by atoms with E-state index in [1.54, 1.807) is 65.1 Å². The first kappa shape index (κ1) is 30.8. The Balaban J connectivity index is 1.60. The lowest BCUT2D eigenvalue weighted by Gasteiger charge is -2.28. The molecule has 220 valence electrons. The number of nitrogens with one attached hydrogen (secondary N) is 2. The number of ether oxygens (including phenoxy) is 2. The number of terminal acetylenes is 1. The van der Waals surface area contributed by atoms with Crippen molar-refractivity contribution in [3.63, 3.8) is 0 Å². The Morgan fingerprint density at radius 3 is 2.68 bits per heavy atom. The molecule has 0 spiro atoms. The van der Waals surface area contributed by atoms with Crippen molar-refractivity contribution in [3.05, 3.63) is 42.5 Å². The second-order valence-electron chi connectivity index (χ2n) is 9.61. The van der Waals surface area contributed by atoms with Gasteiger partial charge in [-0.25, -0.2) is 24.4 Å². The number of aliphatic hydroxyl groups excluding tert-OH is 1. The maximum absolute atomic E-state index is 16.2. The number of aliphatic hydroxyl groups is 1. The number of fused-ring (bicyclic) bond motifs is 1. The van der Waals surface area contributed by atoms with Crippen molar-refractivity contribution in [2.45, 2.75) is 63.9 Å². The molecule has 0 unspecified atom stereocenters. The quantitative estimate of drug-likeness (QED) is 0.168. The number of aromatic nitrogens is 4. The number of para-hydroxylation sites is 1. The molecule has 3 N–H and O–H groups in total. The number of hydrogen-bond acceptors (Lipinski definition) is 11. The van der Waals surface area contributed by atoms with Gasteiger partial charge in [-0.05, 0) is 51.6 Å². The Hall–Kier alpha value is -3.18. The van der Waals surface area contributed by atoms with Gasteiger partial charge in [-0.15, -0.1) is 6.42 Å². The SMILES string of the molecule is C#C[C@@]1(F)[C@H](O)[C@@H](CO[P@](=S)(N[C@H](C)C(=O)OC(C)C)Oc2ccccc2)O[C@H]1n1cnc2c(NC)nc(C)nc21. The van der Waals surface area contributed by atoms with Gasteiger partial charge in [-0.1, -0.05) is 24.1 Å². The molecule has 12 nitrogen and oxygen atoms in total. The summed E-state index contributed by atoms with van der Waals surface area (Å²) in [6.07, 6.45) is 1.97.